The van der Waals surface area contributed by atoms with Crippen LogP contribution in [0.2, 0.25) is 5.02 Å². The van der Waals surface area contributed by atoms with Gasteiger partial charge in [-0.05, 0) is 64.7 Å². The van der Waals surface area contributed by atoms with E-state index in [4.69, 9.17) is 16.3 Å². The third kappa shape index (κ3) is 2.24. The van der Waals surface area contributed by atoms with E-state index >= 15 is 0 Å². The van der Waals surface area contributed by atoms with Gasteiger partial charge < -0.3 is 4.74 Å². The highest BCUT2D eigenvalue weighted by Crippen LogP contribution is 2.66. The molecule has 2 bridgehead atoms. The molecule has 0 spiro atoms. The number of halogens is 2. The van der Waals surface area contributed by atoms with Crippen LogP contribution in [-0.2, 0) is 4.74 Å². The Hall–Kier alpha value is -0.540. The Kier molecular flexibility index (Phi) is 3.65. The maximum absolute atomic E-state index is 12.5. The van der Waals surface area contributed by atoms with Crippen LogP contribution in [-0.4, -0.2) is 12.1 Å². The molecule has 21 heavy (non-hydrogen) atoms. The number of hydrogen-bond acceptors (Lipinski definition) is 2. The topological polar surface area (TPSA) is 26.3 Å². The van der Waals surface area contributed by atoms with Crippen molar-refractivity contribution in [1.29, 1.82) is 0 Å². The second kappa shape index (κ2) is 4.99. The number of carbonyl (C=O) groups is 1. The molecule has 0 N–H and O–H groups in total. The molecular formula is C17H20BrClO2. The minimum Gasteiger partial charge on any atom is -0.458 e. The van der Waals surface area contributed by atoms with Crippen molar-refractivity contribution in [3.8, 4) is 0 Å². The zero-order valence-corrected chi connectivity index (χ0v) is 14.9. The molecule has 0 heterocycles. The fourth-order valence-corrected chi connectivity index (χ4v) is 4.74. The molecule has 1 aromatic rings. The van der Waals surface area contributed by atoms with Crippen LogP contribution in [0.25, 0.3) is 0 Å². The van der Waals surface area contributed by atoms with Gasteiger partial charge in [-0.15, -0.1) is 0 Å². The minimum atomic E-state index is -0.279. The van der Waals surface area contributed by atoms with Gasteiger partial charge in [0.05, 0.1) is 5.56 Å². The molecule has 3 unspecified atom stereocenters. The van der Waals surface area contributed by atoms with E-state index in [9.17, 15) is 4.79 Å². The number of esters is 1. The van der Waals surface area contributed by atoms with Crippen LogP contribution in [0.1, 0.15) is 50.4 Å². The zero-order valence-electron chi connectivity index (χ0n) is 12.6. The van der Waals surface area contributed by atoms with Crippen LogP contribution in [0, 0.1) is 16.7 Å². The summed E-state index contributed by atoms with van der Waals surface area (Å²) in [7, 11) is 0. The summed E-state index contributed by atoms with van der Waals surface area (Å²) in [6, 6.07) is 5.20. The summed E-state index contributed by atoms with van der Waals surface area (Å²) < 4.78 is 6.60. The van der Waals surface area contributed by atoms with Crippen molar-refractivity contribution >= 4 is 33.5 Å². The van der Waals surface area contributed by atoms with Gasteiger partial charge in [0.25, 0.3) is 0 Å². The van der Waals surface area contributed by atoms with Crippen LogP contribution in [0.15, 0.2) is 22.7 Å². The normalized spacial score (nSPS) is 33.2. The molecule has 0 aliphatic heterocycles. The van der Waals surface area contributed by atoms with Gasteiger partial charge >= 0.3 is 5.97 Å². The van der Waals surface area contributed by atoms with Crippen molar-refractivity contribution in [2.75, 3.05) is 0 Å². The lowest BCUT2D eigenvalue weighted by Crippen LogP contribution is -2.38. The standard InChI is InChI=1S/C17H20BrClO2/c1-16(2)10-6-7-17(16,3)14(8-10)21-15(20)12-9-11(19)4-5-13(12)18/h4-5,9-10,14H,6-8H2,1-3H3. The van der Waals surface area contributed by atoms with Crippen LogP contribution in [0.5, 0.6) is 0 Å². The molecule has 0 saturated heterocycles. The average molecular weight is 372 g/mol. The van der Waals surface area contributed by atoms with Gasteiger partial charge in [0, 0.05) is 14.9 Å². The third-order valence-electron chi connectivity index (χ3n) is 6.11. The molecule has 1 aromatic carbocycles. The Balaban J connectivity index is 1.82. The van der Waals surface area contributed by atoms with Crippen molar-refractivity contribution in [2.45, 2.75) is 46.1 Å². The molecule has 2 aliphatic carbocycles. The lowest BCUT2D eigenvalue weighted by atomic mass is 9.70. The predicted molar refractivity (Wildman–Crippen MR) is 87.6 cm³/mol. The lowest BCUT2D eigenvalue weighted by molar-refractivity contribution is -0.0243. The Morgan fingerprint density at radius 3 is 2.67 bits per heavy atom. The first-order valence-electron chi connectivity index (χ1n) is 7.42. The zero-order chi connectivity index (χ0) is 15.4. The van der Waals surface area contributed by atoms with Crippen molar-refractivity contribution in [2.24, 2.45) is 16.7 Å². The van der Waals surface area contributed by atoms with Gasteiger partial charge in [0.1, 0.15) is 6.10 Å². The molecule has 2 aliphatic rings. The molecule has 0 aromatic heterocycles. The number of fused-ring (bicyclic) bond motifs is 2. The molecular weight excluding hydrogens is 352 g/mol. The molecule has 0 radical (unpaired) electrons. The number of hydrogen-bond donors (Lipinski definition) is 0. The van der Waals surface area contributed by atoms with Crippen LogP contribution < -0.4 is 0 Å². The Morgan fingerprint density at radius 1 is 1.38 bits per heavy atom. The van der Waals surface area contributed by atoms with E-state index in [0.29, 0.717) is 16.5 Å². The maximum Gasteiger partial charge on any atom is 0.339 e. The molecule has 2 saturated carbocycles. The quantitative estimate of drug-likeness (QED) is 0.644. The number of ether oxygens (including phenoxy) is 1. The number of carbonyl (C=O) groups excluding carboxylic acids is 1. The summed E-state index contributed by atoms with van der Waals surface area (Å²) in [4.78, 5) is 12.5. The van der Waals surface area contributed by atoms with E-state index in [0.717, 1.165) is 17.3 Å². The molecule has 2 fully saturated rings. The summed E-state index contributed by atoms with van der Waals surface area (Å²) in [6.07, 6.45) is 3.37. The monoisotopic (exact) mass is 370 g/mol. The fourth-order valence-electron chi connectivity index (χ4n) is 4.16. The van der Waals surface area contributed by atoms with Gasteiger partial charge in [0.15, 0.2) is 0 Å². The van der Waals surface area contributed by atoms with Gasteiger partial charge in [0.2, 0.25) is 0 Å². The minimum absolute atomic E-state index is 0.00429. The summed E-state index contributed by atoms with van der Waals surface area (Å²) in [6.45, 7) is 6.90. The highest BCUT2D eigenvalue weighted by Gasteiger charge is 2.62. The van der Waals surface area contributed by atoms with E-state index in [1.807, 2.05) is 0 Å². The number of rotatable bonds is 2. The highest BCUT2D eigenvalue weighted by atomic mass is 79.9. The maximum atomic E-state index is 12.5. The summed E-state index contributed by atoms with van der Waals surface area (Å²) in [5.74, 6) is 0.377. The Morgan fingerprint density at radius 2 is 2.10 bits per heavy atom. The molecule has 0 amide bonds. The SMILES string of the molecule is CC1(C)C2CCC1(C)C(OC(=O)c1cc(Cl)ccc1Br)C2. The lowest BCUT2D eigenvalue weighted by Gasteiger charge is -2.38. The van der Waals surface area contributed by atoms with Crippen molar-refractivity contribution in [3.63, 3.8) is 0 Å². The second-order valence-electron chi connectivity index (χ2n) is 7.13. The molecule has 4 heteroatoms. The van der Waals surface area contributed by atoms with E-state index < -0.39 is 0 Å². The fraction of sp³-hybridized carbons (Fsp3) is 0.588. The van der Waals surface area contributed by atoms with Crippen molar-refractivity contribution in [3.05, 3.63) is 33.3 Å². The first-order chi connectivity index (χ1) is 9.75. The summed E-state index contributed by atoms with van der Waals surface area (Å²) in [5.41, 5.74) is 0.828. The van der Waals surface area contributed by atoms with Gasteiger partial charge in [-0.1, -0.05) is 32.4 Å². The van der Waals surface area contributed by atoms with Crippen LogP contribution in [0.4, 0.5) is 0 Å². The third-order valence-corrected chi connectivity index (χ3v) is 7.04. The van der Waals surface area contributed by atoms with Crippen LogP contribution in [0.3, 0.4) is 0 Å². The van der Waals surface area contributed by atoms with E-state index in [-0.39, 0.29) is 22.9 Å². The highest BCUT2D eigenvalue weighted by molar-refractivity contribution is 9.10. The van der Waals surface area contributed by atoms with Crippen molar-refractivity contribution in [1.82, 2.24) is 0 Å². The van der Waals surface area contributed by atoms with Gasteiger partial charge in [-0.2, -0.15) is 0 Å². The van der Waals surface area contributed by atoms with E-state index in [2.05, 4.69) is 36.7 Å². The molecule has 3 rings (SSSR count). The first-order valence-corrected chi connectivity index (χ1v) is 8.59. The Labute approximate surface area is 139 Å². The molecule has 3 atom stereocenters. The van der Waals surface area contributed by atoms with Gasteiger partial charge in [-0.3, -0.25) is 0 Å². The Bertz CT molecular complexity index is 598. The molecule has 2 nitrogen and oxygen atoms in total. The van der Waals surface area contributed by atoms with E-state index in [1.54, 1.807) is 18.2 Å². The largest absolute Gasteiger partial charge is 0.458 e. The van der Waals surface area contributed by atoms with Gasteiger partial charge in [-0.25, -0.2) is 4.79 Å². The van der Waals surface area contributed by atoms with Crippen LogP contribution >= 0.6 is 27.5 Å². The smallest absolute Gasteiger partial charge is 0.339 e. The van der Waals surface area contributed by atoms with E-state index in [1.165, 1.54) is 6.42 Å². The van der Waals surface area contributed by atoms with Crippen molar-refractivity contribution < 1.29 is 9.53 Å². The first kappa shape index (κ1) is 15.4. The number of benzene rings is 1. The summed E-state index contributed by atoms with van der Waals surface area (Å²) in [5, 5.41) is 0.546. The second-order valence-corrected chi connectivity index (χ2v) is 8.42. The average Bonchev–Trinajstić information content (AvgIpc) is 2.74. The molecule has 114 valence electrons. The predicted octanol–water partition coefficient (Wildman–Crippen LogP) is 5.47. The summed E-state index contributed by atoms with van der Waals surface area (Å²) >= 11 is 9.38.